The van der Waals surface area contributed by atoms with Crippen molar-refractivity contribution in [2.75, 3.05) is 0 Å². The summed E-state index contributed by atoms with van der Waals surface area (Å²) in [6.07, 6.45) is 3.54. The van der Waals surface area contributed by atoms with Crippen molar-refractivity contribution in [3.63, 3.8) is 0 Å². The molecular formula is C14H10N2. The summed E-state index contributed by atoms with van der Waals surface area (Å²) in [7, 11) is 0. The predicted octanol–water partition coefficient (Wildman–Crippen LogP) is 3.50. The van der Waals surface area contributed by atoms with Crippen LogP contribution in [0.25, 0.3) is 16.6 Å². The van der Waals surface area contributed by atoms with Crippen molar-refractivity contribution in [2.45, 2.75) is 0 Å². The second-order valence-electron chi connectivity index (χ2n) is 3.27. The number of rotatable bonds is 2. The Bertz CT molecular complexity index is 522. The molecule has 2 aromatic rings. The minimum atomic E-state index is 0.562. The van der Waals surface area contributed by atoms with Crippen LogP contribution in [-0.2, 0) is 0 Å². The van der Waals surface area contributed by atoms with Crippen molar-refractivity contribution in [3.05, 3.63) is 77.4 Å². The van der Waals surface area contributed by atoms with Gasteiger partial charge in [-0.25, -0.2) is 4.85 Å². The van der Waals surface area contributed by atoms with Gasteiger partial charge in [-0.05, 0) is 23.8 Å². The normalized spacial score (nSPS) is 10.8. The summed E-state index contributed by atoms with van der Waals surface area (Å²) in [5, 5.41) is 0. The molecule has 0 amide bonds. The Kier molecular flexibility index (Phi) is 3.10. The van der Waals surface area contributed by atoms with Crippen molar-refractivity contribution in [1.82, 2.24) is 4.98 Å². The third kappa shape index (κ3) is 2.34. The lowest BCUT2D eigenvalue weighted by atomic mass is 10.1. The molecule has 1 aromatic carbocycles. The molecule has 2 nitrogen and oxygen atoms in total. The molecule has 2 heteroatoms. The van der Waals surface area contributed by atoms with E-state index in [1.54, 1.807) is 6.20 Å². The van der Waals surface area contributed by atoms with Gasteiger partial charge < -0.3 is 0 Å². The molecule has 0 atom stereocenters. The highest BCUT2D eigenvalue weighted by molar-refractivity contribution is 5.83. The zero-order valence-corrected chi connectivity index (χ0v) is 8.67. The van der Waals surface area contributed by atoms with Crippen molar-refractivity contribution in [3.8, 4) is 0 Å². The van der Waals surface area contributed by atoms with Gasteiger partial charge in [0.25, 0.3) is 0 Å². The van der Waals surface area contributed by atoms with Gasteiger partial charge in [0, 0.05) is 6.20 Å². The first kappa shape index (κ1) is 10.1. The molecule has 0 radical (unpaired) electrons. The van der Waals surface area contributed by atoms with Crippen molar-refractivity contribution >= 4 is 11.8 Å². The van der Waals surface area contributed by atoms with Crippen LogP contribution in [0, 0.1) is 6.57 Å². The van der Waals surface area contributed by atoms with Crippen LogP contribution in [0.4, 0.5) is 0 Å². The average Bonchev–Trinajstić information content (AvgIpc) is 2.38. The molecular weight excluding hydrogens is 196 g/mol. The molecule has 0 unspecified atom stereocenters. The second-order valence-corrected chi connectivity index (χ2v) is 3.27. The zero-order valence-electron chi connectivity index (χ0n) is 8.67. The molecule has 0 spiro atoms. The summed E-state index contributed by atoms with van der Waals surface area (Å²) in [6.45, 7) is 7.16. The van der Waals surface area contributed by atoms with Crippen LogP contribution in [0.5, 0.6) is 0 Å². The van der Waals surface area contributed by atoms with Gasteiger partial charge in [0.2, 0.25) is 5.70 Å². The fourth-order valence-electron chi connectivity index (χ4n) is 1.38. The molecule has 76 valence electrons. The summed E-state index contributed by atoms with van der Waals surface area (Å²) in [5.74, 6) is 0. The highest BCUT2D eigenvalue weighted by Crippen LogP contribution is 2.16. The van der Waals surface area contributed by atoms with Crippen LogP contribution in [0.1, 0.15) is 11.3 Å². The number of aromatic nitrogens is 1. The van der Waals surface area contributed by atoms with E-state index in [9.17, 15) is 0 Å². The van der Waals surface area contributed by atoms with Crippen LogP contribution in [0.2, 0.25) is 0 Å². The maximum absolute atomic E-state index is 7.16. The van der Waals surface area contributed by atoms with Gasteiger partial charge in [0.15, 0.2) is 0 Å². The molecule has 0 N–H and O–H groups in total. The Morgan fingerprint density at radius 1 is 1.06 bits per heavy atom. The molecule has 0 saturated carbocycles. The number of hydrogen-bond donors (Lipinski definition) is 0. The van der Waals surface area contributed by atoms with E-state index < -0.39 is 0 Å². The van der Waals surface area contributed by atoms with Gasteiger partial charge in [-0.15, -0.1) is 0 Å². The van der Waals surface area contributed by atoms with Crippen LogP contribution in [-0.4, -0.2) is 4.98 Å². The van der Waals surface area contributed by atoms with E-state index in [0.29, 0.717) is 11.4 Å². The lowest BCUT2D eigenvalue weighted by molar-refractivity contribution is 1.28. The fourth-order valence-corrected chi connectivity index (χ4v) is 1.38. The fraction of sp³-hybridized carbons (Fsp3) is 0. The molecule has 16 heavy (non-hydrogen) atoms. The number of hydrogen-bond acceptors (Lipinski definition) is 1. The van der Waals surface area contributed by atoms with Gasteiger partial charge in [-0.3, -0.25) is 4.98 Å². The molecule has 0 bridgehead atoms. The van der Waals surface area contributed by atoms with E-state index in [1.165, 1.54) is 0 Å². The molecule has 0 saturated heterocycles. The van der Waals surface area contributed by atoms with Crippen LogP contribution >= 0.6 is 0 Å². The van der Waals surface area contributed by atoms with E-state index in [4.69, 9.17) is 6.57 Å². The molecule has 0 aliphatic carbocycles. The Balaban J connectivity index is 2.39. The zero-order chi connectivity index (χ0) is 11.2. The molecule has 0 aliphatic rings. The summed E-state index contributed by atoms with van der Waals surface area (Å²) in [4.78, 5) is 7.67. The minimum absolute atomic E-state index is 0.562. The maximum Gasteiger partial charge on any atom is 0.212 e. The quantitative estimate of drug-likeness (QED) is 0.687. The monoisotopic (exact) mass is 206 g/mol. The van der Waals surface area contributed by atoms with Crippen LogP contribution in [0.15, 0.2) is 54.7 Å². The van der Waals surface area contributed by atoms with Gasteiger partial charge in [0.1, 0.15) is 0 Å². The van der Waals surface area contributed by atoms with E-state index >= 15 is 0 Å². The van der Waals surface area contributed by atoms with Gasteiger partial charge >= 0.3 is 0 Å². The summed E-state index contributed by atoms with van der Waals surface area (Å²) in [6, 6.07) is 15.3. The number of nitrogens with zero attached hydrogens (tertiary/aromatic N) is 2. The summed E-state index contributed by atoms with van der Waals surface area (Å²) >= 11 is 0. The first-order chi connectivity index (χ1) is 7.90. The van der Waals surface area contributed by atoms with E-state index in [0.717, 1.165) is 5.56 Å². The van der Waals surface area contributed by atoms with Crippen molar-refractivity contribution in [2.24, 2.45) is 0 Å². The Hall–Kier alpha value is -2.40. The highest BCUT2D eigenvalue weighted by atomic mass is 14.8. The SMILES string of the molecule is [C-]#[N+]C(=Cc1ccccc1)c1ccccn1. The molecule has 1 aromatic heterocycles. The van der Waals surface area contributed by atoms with E-state index in [1.807, 2.05) is 54.6 Å². The van der Waals surface area contributed by atoms with Gasteiger partial charge in [0.05, 0.1) is 12.3 Å². The standard InChI is InChI=1S/C14H10N2/c1-15-14(13-9-5-6-10-16-13)11-12-7-3-2-4-8-12/h2-11H. The van der Waals surface area contributed by atoms with Gasteiger partial charge in [-0.1, -0.05) is 36.4 Å². The molecule has 0 fully saturated rings. The van der Waals surface area contributed by atoms with E-state index in [2.05, 4.69) is 9.83 Å². The lowest BCUT2D eigenvalue weighted by Crippen LogP contribution is -1.83. The third-order valence-electron chi connectivity index (χ3n) is 2.15. The lowest BCUT2D eigenvalue weighted by Gasteiger charge is -1.97. The first-order valence-electron chi connectivity index (χ1n) is 4.96. The summed E-state index contributed by atoms with van der Waals surface area (Å²) < 4.78 is 0. The third-order valence-corrected chi connectivity index (χ3v) is 2.15. The smallest absolute Gasteiger partial charge is 0.212 e. The molecule has 0 aliphatic heterocycles. The van der Waals surface area contributed by atoms with Crippen molar-refractivity contribution < 1.29 is 0 Å². The largest absolute Gasteiger partial charge is 0.268 e. The Morgan fingerprint density at radius 2 is 1.81 bits per heavy atom. The summed E-state index contributed by atoms with van der Waals surface area (Å²) in [5.41, 5.74) is 2.28. The van der Waals surface area contributed by atoms with Gasteiger partial charge in [-0.2, -0.15) is 0 Å². The van der Waals surface area contributed by atoms with Crippen molar-refractivity contribution in [1.29, 1.82) is 0 Å². The number of benzene rings is 1. The Morgan fingerprint density at radius 3 is 2.44 bits per heavy atom. The highest BCUT2D eigenvalue weighted by Gasteiger charge is 2.01. The minimum Gasteiger partial charge on any atom is -0.268 e. The molecule has 1 heterocycles. The first-order valence-corrected chi connectivity index (χ1v) is 4.96. The number of pyridine rings is 1. The Labute approximate surface area is 94.7 Å². The van der Waals surface area contributed by atoms with Crippen LogP contribution in [0.3, 0.4) is 0 Å². The van der Waals surface area contributed by atoms with E-state index in [-0.39, 0.29) is 0 Å². The molecule has 2 rings (SSSR count). The van der Waals surface area contributed by atoms with Crippen LogP contribution < -0.4 is 0 Å². The average molecular weight is 206 g/mol. The maximum atomic E-state index is 7.16. The topological polar surface area (TPSA) is 17.2 Å². The predicted molar refractivity (Wildman–Crippen MR) is 65.2 cm³/mol. The second kappa shape index (κ2) is 4.90.